The molecular weight excluding hydrogens is 224 g/mol. The standard InChI is InChI=1S/C12H17ClN2O/c1-9-6-7-15(8-10(9)13)11-4-3-5-12(14-11)16-2/h3-5,9-10H,6-8H2,1-2H3. The number of piperidine rings is 1. The van der Waals surface area contributed by atoms with Gasteiger partial charge in [-0.25, -0.2) is 0 Å². The predicted molar refractivity (Wildman–Crippen MR) is 66.4 cm³/mol. The Morgan fingerprint density at radius 3 is 3.00 bits per heavy atom. The van der Waals surface area contributed by atoms with Gasteiger partial charge in [0.05, 0.1) is 12.5 Å². The Balaban J connectivity index is 2.12. The van der Waals surface area contributed by atoms with Crippen LogP contribution in [-0.2, 0) is 0 Å². The summed E-state index contributed by atoms with van der Waals surface area (Å²) in [6, 6.07) is 5.82. The van der Waals surface area contributed by atoms with E-state index in [1.54, 1.807) is 7.11 Å². The lowest BCUT2D eigenvalue weighted by atomic mass is 9.99. The summed E-state index contributed by atoms with van der Waals surface area (Å²) in [7, 11) is 1.63. The Bertz CT molecular complexity index is 359. The number of rotatable bonds is 2. The molecule has 0 aromatic carbocycles. The maximum absolute atomic E-state index is 6.28. The van der Waals surface area contributed by atoms with Gasteiger partial charge in [-0.15, -0.1) is 11.6 Å². The highest BCUT2D eigenvalue weighted by molar-refractivity contribution is 6.21. The maximum Gasteiger partial charge on any atom is 0.214 e. The number of hydrogen-bond acceptors (Lipinski definition) is 3. The van der Waals surface area contributed by atoms with Crippen molar-refractivity contribution in [3.8, 4) is 5.88 Å². The minimum Gasteiger partial charge on any atom is -0.481 e. The summed E-state index contributed by atoms with van der Waals surface area (Å²) in [5, 5.41) is 0.210. The van der Waals surface area contributed by atoms with Gasteiger partial charge < -0.3 is 9.64 Å². The maximum atomic E-state index is 6.28. The molecule has 4 heteroatoms. The molecule has 2 rings (SSSR count). The van der Waals surface area contributed by atoms with Crippen LogP contribution >= 0.6 is 11.6 Å². The third-order valence-electron chi connectivity index (χ3n) is 3.11. The van der Waals surface area contributed by atoms with Gasteiger partial charge in [0.2, 0.25) is 5.88 Å². The average molecular weight is 241 g/mol. The quantitative estimate of drug-likeness (QED) is 0.743. The van der Waals surface area contributed by atoms with Crippen LogP contribution in [0.3, 0.4) is 0 Å². The van der Waals surface area contributed by atoms with Crippen molar-refractivity contribution in [2.75, 3.05) is 25.1 Å². The Kier molecular flexibility index (Phi) is 3.54. The number of ether oxygens (including phenoxy) is 1. The topological polar surface area (TPSA) is 25.4 Å². The SMILES string of the molecule is COc1cccc(N2CCC(C)C(Cl)C2)n1. The van der Waals surface area contributed by atoms with Crippen molar-refractivity contribution in [1.29, 1.82) is 0 Å². The normalized spacial score (nSPS) is 25.6. The molecule has 1 aliphatic rings. The first-order chi connectivity index (χ1) is 7.70. The van der Waals surface area contributed by atoms with E-state index in [4.69, 9.17) is 16.3 Å². The molecule has 3 nitrogen and oxygen atoms in total. The summed E-state index contributed by atoms with van der Waals surface area (Å²) < 4.78 is 5.12. The van der Waals surface area contributed by atoms with Crippen molar-refractivity contribution in [3.63, 3.8) is 0 Å². The van der Waals surface area contributed by atoms with Crippen LogP contribution in [-0.4, -0.2) is 30.6 Å². The fourth-order valence-electron chi connectivity index (χ4n) is 1.92. The highest BCUT2D eigenvalue weighted by Gasteiger charge is 2.25. The van der Waals surface area contributed by atoms with E-state index in [2.05, 4.69) is 16.8 Å². The summed E-state index contributed by atoms with van der Waals surface area (Å²) in [6.07, 6.45) is 1.12. The second-order valence-corrected chi connectivity index (χ2v) is 4.83. The number of nitrogens with zero attached hydrogens (tertiary/aromatic N) is 2. The third kappa shape index (κ3) is 2.40. The molecule has 0 bridgehead atoms. The minimum absolute atomic E-state index is 0.210. The lowest BCUT2D eigenvalue weighted by Crippen LogP contribution is -2.40. The third-order valence-corrected chi connectivity index (χ3v) is 3.68. The molecular formula is C12H17ClN2O. The molecule has 1 fully saturated rings. The summed E-state index contributed by atoms with van der Waals surface area (Å²) in [6.45, 7) is 4.08. The minimum atomic E-state index is 0.210. The first-order valence-electron chi connectivity index (χ1n) is 5.61. The first-order valence-corrected chi connectivity index (χ1v) is 6.04. The van der Waals surface area contributed by atoms with Crippen LogP contribution in [0.5, 0.6) is 5.88 Å². The molecule has 0 aliphatic carbocycles. The van der Waals surface area contributed by atoms with Crippen molar-refractivity contribution in [2.24, 2.45) is 5.92 Å². The van der Waals surface area contributed by atoms with Gasteiger partial charge in [-0.3, -0.25) is 0 Å². The zero-order valence-electron chi connectivity index (χ0n) is 9.69. The number of methoxy groups -OCH3 is 1. The Morgan fingerprint density at radius 2 is 2.31 bits per heavy atom. The molecule has 0 N–H and O–H groups in total. The second-order valence-electron chi connectivity index (χ2n) is 4.27. The summed E-state index contributed by atoms with van der Waals surface area (Å²) in [5.74, 6) is 2.20. The van der Waals surface area contributed by atoms with Crippen LogP contribution in [0.15, 0.2) is 18.2 Å². The van der Waals surface area contributed by atoms with E-state index in [0.717, 1.165) is 25.3 Å². The zero-order chi connectivity index (χ0) is 11.5. The summed E-state index contributed by atoms with van der Waals surface area (Å²) in [4.78, 5) is 6.64. The average Bonchev–Trinajstić information content (AvgIpc) is 2.33. The van der Waals surface area contributed by atoms with Crippen molar-refractivity contribution in [2.45, 2.75) is 18.7 Å². The van der Waals surface area contributed by atoms with Crippen LogP contribution in [0, 0.1) is 5.92 Å². The van der Waals surface area contributed by atoms with Crippen molar-refractivity contribution in [1.82, 2.24) is 4.98 Å². The van der Waals surface area contributed by atoms with Crippen LogP contribution < -0.4 is 9.64 Å². The molecule has 1 saturated heterocycles. The largest absolute Gasteiger partial charge is 0.481 e. The lowest BCUT2D eigenvalue weighted by Gasteiger charge is -2.34. The number of anilines is 1. The van der Waals surface area contributed by atoms with E-state index in [0.29, 0.717) is 11.8 Å². The van der Waals surface area contributed by atoms with Gasteiger partial charge in [-0.1, -0.05) is 13.0 Å². The molecule has 2 unspecified atom stereocenters. The molecule has 2 heterocycles. The monoisotopic (exact) mass is 240 g/mol. The lowest BCUT2D eigenvalue weighted by molar-refractivity contribution is 0.395. The van der Waals surface area contributed by atoms with Gasteiger partial charge in [0.1, 0.15) is 5.82 Å². The molecule has 88 valence electrons. The molecule has 1 aliphatic heterocycles. The first kappa shape index (κ1) is 11.5. The number of hydrogen-bond donors (Lipinski definition) is 0. The summed E-state index contributed by atoms with van der Waals surface area (Å²) in [5.41, 5.74) is 0. The molecule has 0 radical (unpaired) electrons. The fourth-order valence-corrected chi connectivity index (χ4v) is 2.22. The Morgan fingerprint density at radius 1 is 1.50 bits per heavy atom. The van der Waals surface area contributed by atoms with E-state index in [9.17, 15) is 0 Å². The molecule has 0 spiro atoms. The summed E-state index contributed by atoms with van der Waals surface area (Å²) >= 11 is 6.28. The predicted octanol–water partition coefficient (Wildman–Crippen LogP) is 2.54. The highest BCUT2D eigenvalue weighted by Crippen LogP contribution is 2.26. The van der Waals surface area contributed by atoms with E-state index in [1.165, 1.54) is 0 Å². The van der Waals surface area contributed by atoms with Crippen molar-refractivity contribution >= 4 is 17.4 Å². The number of alkyl halides is 1. The number of halogens is 1. The second kappa shape index (κ2) is 4.91. The van der Waals surface area contributed by atoms with E-state index in [-0.39, 0.29) is 5.38 Å². The molecule has 0 amide bonds. The van der Waals surface area contributed by atoms with Crippen LogP contribution in [0.1, 0.15) is 13.3 Å². The Hall–Kier alpha value is -0.960. The van der Waals surface area contributed by atoms with E-state index >= 15 is 0 Å². The molecule has 1 aromatic heterocycles. The highest BCUT2D eigenvalue weighted by atomic mass is 35.5. The molecule has 1 aromatic rings. The van der Waals surface area contributed by atoms with E-state index in [1.807, 2.05) is 18.2 Å². The fraction of sp³-hybridized carbons (Fsp3) is 0.583. The molecule has 2 atom stereocenters. The smallest absolute Gasteiger partial charge is 0.214 e. The van der Waals surface area contributed by atoms with Crippen molar-refractivity contribution < 1.29 is 4.74 Å². The molecule has 16 heavy (non-hydrogen) atoms. The zero-order valence-corrected chi connectivity index (χ0v) is 10.4. The van der Waals surface area contributed by atoms with E-state index < -0.39 is 0 Å². The van der Waals surface area contributed by atoms with Crippen LogP contribution in [0.2, 0.25) is 0 Å². The molecule has 0 saturated carbocycles. The van der Waals surface area contributed by atoms with Gasteiger partial charge in [-0.05, 0) is 18.4 Å². The van der Waals surface area contributed by atoms with Gasteiger partial charge >= 0.3 is 0 Å². The van der Waals surface area contributed by atoms with Gasteiger partial charge in [0.25, 0.3) is 0 Å². The van der Waals surface area contributed by atoms with Crippen LogP contribution in [0.25, 0.3) is 0 Å². The van der Waals surface area contributed by atoms with Gasteiger partial charge in [0, 0.05) is 19.2 Å². The van der Waals surface area contributed by atoms with Gasteiger partial charge in [0.15, 0.2) is 0 Å². The Labute approximate surface area is 101 Å². The van der Waals surface area contributed by atoms with Crippen LogP contribution in [0.4, 0.5) is 5.82 Å². The number of pyridine rings is 1. The van der Waals surface area contributed by atoms with Crippen molar-refractivity contribution in [3.05, 3.63) is 18.2 Å². The van der Waals surface area contributed by atoms with Gasteiger partial charge in [-0.2, -0.15) is 4.98 Å². The number of aromatic nitrogens is 1.